The minimum absolute atomic E-state index is 0.00694. The molecule has 4 nitrogen and oxygen atoms in total. The average molecular weight is 331 g/mol. The number of fused-ring (bicyclic) bond motifs is 3. The van der Waals surface area contributed by atoms with Crippen LogP contribution in [0.15, 0.2) is 17.4 Å². The van der Waals surface area contributed by atoms with Crippen molar-refractivity contribution in [1.29, 1.82) is 5.26 Å². The third-order valence-electron chi connectivity index (χ3n) is 4.08. The Kier molecular flexibility index (Phi) is 4.27. The van der Waals surface area contributed by atoms with E-state index in [1.54, 1.807) is 22.0 Å². The van der Waals surface area contributed by atoms with Crippen LogP contribution in [-0.2, 0) is 25.9 Å². The molecule has 0 radical (unpaired) electrons. The zero-order valence-corrected chi connectivity index (χ0v) is 13.9. The van der Waals surface area contributed by atoms with Crippen LogP contribution in [0.1, 0.15) is 29.7 Å². The lowest BCUT2D eigenvalue weighted by atomic mass is 9.97. The predicted molar refractivity (Wildman–Crippen MR) is 92.0 cm³/mol. The van der Waals surface area contributed by atoms with Crippen LogP contribution < -0.4 is 5.56 Å². The van der Waals surface area contributed by atoms with Gasteiger partial charge in [0.05, 0.1) is 17.9 Å². The van der Waals surface area contributed by atoms with Crippen LogP contribution in [0.5, 0.6) is 0 Å². The third kappa shape index (κ3) is 2.34. The van der Waals surface area contributed by atoms with Crippen LogP contribution in [0.4, 0.5) is 0 Å². The molecule has 0 aromatic carbocycles. The van der Waals surface area contributed by atoms with Crippen LogP contribution in [-0.4, -0.2) is 9.13 Å². The number of hydrogen-bond acceptors (Lipinski definition) is 4. The molecule has 22 heavy (non-hydrogen) atoms. The van der Waals surface area contributed by atoms with Crippen molar-refractivity contribution in [2.75, 3.05) is 0 Å². The molecule has 0 atom stereocenters. The standard InChI is InChI=1S/C16H17N3OS2/c1-2-9-18-14(20)13-11-6-3-4-7-12(11)22-15(13)19(16(18)21)10-5-8-17/h2H,1,3-7,9-10H2. The van der Waals surface area contributed by atoms with E-state index >= 15 is 0 Å². The fourth-order valence-electron chi connectivity index (χ4n) is 3.07. The highest BCUT2D eigenvalue weighted by molar-refractivity contribution is 7.71. The largest absolute Gasteiger partial charge is 0.308 e. The highest BCUT2D eigenvalue weighted by Gasteiger charge is 2.22. The fraction of sp³-hybridized carbons (Fsp3) is 0.438. The van der Waals surface area contributed by atoms with Gasteiger partial charge in [0.15, 0.2) is 4.77 Å². The molecule has 3 rings (SSSR count). The maximum atomic E-state index is 12.9. The van der Waals surface area contributed by atoms with E-state index in [4.69, 9.17) is 17.5 Å². The highest BCUT2D eigenvalue weighted by Crippen LogP contribution is 2.34. The summed E-state index contributed by atoms with van der Waals surface area (Å²) in [7, 11) is 0. The van der Waals surface area contributed by atoms with Crippen molar-refractivity contribution in [1.82, 2.24) is 9.13 Å². The summed E-state index contributed by atoms with van der Waals surface area (Å²) >= 11 is 7.18. The van der Waals surface area contributed by atoms with Crippen molar-refractivity contribution < 1.29 is 0 Å². The first-order chi connectivity index (χ1) is 10.7. The van der Waals surface area contributed by atoms with Gasteiger partial charge in [-0.15, -0.1) is 17.9 Å². The number of nitrogens with zero attached hydrogens (tertiary/aromatic N) is 3. The maximum absolute atomic E-state index is 12.9. The van der Waals surface area contributed by atoms with Gasteiger partial charge in [0.1, 0.15) is 4.83 Å². The van der Waals surface area contributed by atoms with Gasteiger partial charge in [-0.25, -0.2) is 0 Å². The van der Waals surface area contributed by atoms with Crippen LogP contribution in [0.3, 0.4) is 0 Å². The average Bonchev–Trinajstić information content (AvgIpc) is 2.91. The predicted octanol–water partition coefficient (Wildman–Crippen LogP) is 3.57. The molecule has 6 heteroatoms. The molecular weight excluding hydrogens is 314 g/mol. The molecule has 0 spiro atoms. The quantitative estimate of drug-likeness (QED) is 0.636. The number of aryl methyl sites for hydroxylation is 3. The van der Waals surface area contributed by atoms with Gasteiger partial charge in [-0.1, -0.05) is 6.08 Å². The van der Waals surface area contributed by atoms with Crippen molar-refractivity contribution in [3.63, 3.8) is 0 Å². The maximum Gasteiger partial charge on any atom is 0.263 e. The summed E-state index contributed by atoms with van der Waals surface area (Å²) in [5.74, 6) is 0. The fourth-order valence-corrected chi connectivity index (χ4v) is 4.87. The van der Waals surface area contributed by atoms with Crippen LogP contribution in [0.2, 0.25) is 0 Å². The van der Waals surface area contributed by atoms with Gasteiger partial charge < -0.3 is 4.57 Å². The molecule has 0 N–H and O–H groups in total. The first-order valence-electron chi connectivity index (χ1n) is 7.44. The lowest BCUT2D eigenvalue weighted by molar-refractivity contribution is 0.640. The van der Waals surface area contributed by atoms with Gasteiger partial charge in [0.2, 0.25) is 0 Å². The van der Waals surface area contributed by atoms with E-state index < -0.39 is 0 Å². The van der Waals surface area contributed by atoms with Gasteiger partial charge >= 0.3 is 0 Å². The van der Waals surface area contributed by atoms with Crippen molar-refractivity contribution in [2.45, 2.75) is 45.2 Å². The smallest absolute Gasteiger partial charge is 0.263 e. The highest BCUT2D eigenvalue weighted by atomic mass is 32.1. The second kappa shape index (κ2) is 6.19. The first-order valence-corrected chi connectivity index (χ1v) is 8.67. The lowest BCUT2D eigenvalue weighted by Crippen LogP contribution is -2.25. The number of hydrogen-bond donors (Lipinski definition) is 0. The van der Waals surface area contributed by atoms with Gasteiger partial charge in [0.25, 0.3) is 5.56 Å². The van der Waals surface area contributed by atoms with E-state index in [0.717, 1.165) is 29.5 Å². The van der Waals surface area contributed by atoms with E-state index in [2.05, 4.69) is 12.6 Å². The molecule has 0 unspecified atom stereocenters. The Hall–Kier alpha value is -1.71. The van der Waals surface area contributed by atoms with Crippen molar-refractivity contribution in [2.24, 2.45) is 0 Å². The molecule has 1 aliphatic rings. The van der Waals surface area contributed by atoms with E-state index in [1.807, 2.05) is 4.57 Å². The molecule has 0 saturated carbocycles. The van der Waals surface area contributed by atoms with E-state index in [9.17, 15) is 4.79 Å². The molecule has 0 saturated heterocycles. The van der Waals surface area contributed by atoms with E-state index in [0.29, 0.717) is 24.3 Å². The summed E-state index contributed by atoms with van der Waals surface area (Å²) in [4.78, 5) is 15.1. The van der Waals surface area contributed by atoms with Gasteiger partial charge in [-0.05, 0) is 43.5 Å². The number of rotatable bonds is 4. The van der Waals surface area contributed by atoms with E-state index in [-0.39, 0.29) is 5.56 Å². The Bertz CT molecular complexity index is 895. The van der Waals surface area contributed by atoms with Gasteiger partial charge in [-0.2, -0.15) is 5.26 Å². The molecule has 0 aliphatic heterocycles. The summed E-state index contributed by atoms with van der Waals surface area (Å²) in [5.41, 5.74) is 1.20. The molecule has 0 bridgehead atoms. The topological polar surface area (TPSA) is 50.7 Å². The van der Waals surface area contributed by atoms with Crippen LogP contribution >= 0.6 is 23.6 Å². The number of allylic oxidation sites excluding steroid dienone is 1. The zero-order valence-electron chi connectivity index (χ0n) is 12.3. The number of nitriles is 1. The third-order valence-corrected chi connectivity index (χ3v) is 5.83. The Morgan fingerprint density at radius 2 is 2.14 bits per heavy atom. The van der Waals surface area contributed by atoms with Crippen molar-refractivity contribution >= 4 is 33.8 Å². The molecule has 2 aromatic rings. The van der Waals surface area contributed by atoms with Gasteiger partial charge in [-0.3, -0.25) is 9.36 Å². The molecule has 1 aliphatic carbocycles. The molecular formula is C16H17N3OS2. The minimum atomic E-state index is -0.00694. The molecule has 114 valence electrons. The van der Waals surface area contributed by atoms with Crippen molar-refractivity contribution in [3.05, 3.63) is 38.2 Å². The summed E-state index contributed by atoms with van der Waals surface area (Å²) in [6, 6.07) is 2.17. The van der Waals surface area contributed by atoms with Crippen LogP contribution in [0.25, 0.3) is 10.2 Å². The lowest BCUT2D eigenvalue weighted by Gasteiger charge is -2.13. The zero-order chi connectivity index (χ0) is 15.7. The monoisotopic (exact) mass is 331 g/mol. The second-order valence-electron chi connectivity index (χ2n) is 5.44. The molecule has 2 heterocycles. The number of aromatic nitrogens is 2. The van der Waals surface area contributed by atoms with Gasteiger partial charge in [0, 0.05) is 18.0 Å². The first kappa shape index (κ1) is 15.2. The SMILES string of the molecule is C=CCn1c(=O)c2c3c(sc2n(CCC#N)c1=S)CCCC3. The van der Waals surface area contributed by atoms with Crippen LogP contribution in [0, 0.1) is 16.1 Å². The van der Waals surface area contributed by atoms with Crippen molar-refractivity contribution in [3.8, 4) is 6.07 Å². The summed E-state index contributed by atoms with van der Waals surface area (Å²) < 4.78 is 4.05. The Morgan fingerprint density at radius 3 is 2.86 bits per heavy atom. The summed E-state index contributed by atoms with van der Waals surface area (Å²) in [6.45, 7) is 4.66. The Balaban J connectivity index is 2.38. The normalized spacial score (nSPS) is 13.8. The Morgan fingerprint density at radius 1 is 1.36 bits per heavy atom. The minimum Gasteiger partial charge on any atom is -0.308 e. The summed E-state index contributed by atoms with van der Waals surface area (Å²) in [6.07, 6.45) is 6.40. The molecule has 0 amide bonds. The summed E-state index contributed by atoms with van der Waals surface area (Å²) in [5, 5.41) is 9.71. The molecule has 0 fully saturated rings. The van der Waals surface area contributed by atoms with E-state index in [1.165, 1.54) is 16.9 Å². The second-order valence-corrected chi connectivity index (χ2v) is 6.89. The molecule has 2 aromatic heterocycles. The Labute approximate surface area is 137 Å². The number of thiophene rings is 1.